The van der Waals surface area contributed by atoms with Gasteiger partial charge < -0.3 is 19.6 Å². The van der Waals surface area contributed by atoms with Crippen LogP contribution in [0.3, 0.4) is 0 Å². The van der Waals surface area contributed by atoms with Crippen molar-refractivity contribution in [3.63, 3.8) is 0 Å². The van der Waals surface area contributed by atoms with Gasteiger partial charge in [-0.25, -0.2) is 9.78 Å². The van der Waals surface area contributed by atoms with Crippen molar-refractivity contribution >= 4 is 29.1 Å². The van der Waals surface area contributed by atoms with Crippen molar-refractivity contribution in [2.24, 2.45) is 0 Å². The molecule has 40 heavy (non-hydrogen) atoms. The minimum Gasteiger partial charge on any atom is -0.489 e. The fourth-order valence-corrected chi connectivity index (χ4v) is 4.11. The molecule has 8 heteroatoms. The molecule has 4 aromatic rings. The topological polar surface area (TPSA) is 92.9 Å². The molecule has 0 saturated carbocycles. The number of pyridine rings is 1. The smallest absolute Gasteiger partial charge is 0.326 e. The second kappa shape index (κ2) is 13.4. The summed E-state index contributed by atoms with van der Waals surface area (Å²) in [6.07, 6.45) is 13.4. The molecule has 0 radical (unpaired) electrons. The van der Waals surface area contributed by atoms with Gasteiger partial charge in [-0.05, 0) is 72.5 Å². The van der Waals surface area contributed by atoms with E-state index < -0.39 is 17.9 Å². The number of carbonyl (C=O) groups is 2. The minimum atomic E-state index is -1.13. The maximum Gasteiger partial charge on any atom is 0.326 e. The molecule has 7 nitrogen and oxygen atoms in total. The number of carboxylic acid groups (broad SMARTS) is 1. The van der Waals surface area contributed by atoms with Crippen LogP contribution in [0, 0.1) is 0 Å². The zero-order valence-corrected chi connectivity index (χ0v) is 23.0. The second-order valence-corrected chi connectivity index (χ2v) is 9.50. The number of halogens is 1. The van der Waals surface area contributed by atoms with Gasteiger partial charge in [-0.1, -0.05) is 66.2 Å². The Bertz CT molecular complexity index is 1570. The van der Waals surface area contributed by atoms with Gasteiger partial charge in [0, 0.05) is 23.8 Å². The summed E-state index contributed by atoms with van der Waals surface area (Å²) in [7, 11) is 0. The van der Waals surface area contributed by atoms with Crippen LogP contribution in [0.5, 0.6) is 5.75 Å². The molecule has 2 aromatic heterocycles. The molecule has 0 spiro atoms. The normalized spacial score (nSPS) is 12.7. The van der Waals surface area contributed by atoms with E-state index in [1.165, 1.54) is 0 Å². The van der Waals surface area contributed by atoms with Crippen molar-refractivity contribution in [1.29, 1.82) is 0 Å². The zero-order valence-electron chi connectivity index (χ0n) is 22.3. The van der Waals surface area contributed by atoms with Crippen molar-refractivity contribution in [3.8, 4) is 16.9 Å². The molecule has 2 N–H and O–H groups in total. The first-order valence-corrected chi connectivity index (χ1v) is 13.2. The van der Waals surface area contributed by atoms with Gasteiger partial charge in [0.1, 0.15) is 29.7 Å². The van der Waals surface area contributed by atoms with Gasteiger partial charge in [0.25, 0.3) is 5.91 Å². The number of rotatable bonds is 11. The van der Waals surface area contributed by atoms with Crippen molar-refractivity contribution in [2.45, 2.75) is 26.3 Å². The van der Waals surface area contributed by atoms with Crippen LogP contribution in [0.1, 0.15) is 29.9 Å². The van der Waals surface area contributed by atoms with Gasteiger partial charge in [0.15, 0.2) is 0 Å². The summed E-state index contributed by atoms with van der Waals surface area (Å²) in [6, 6.07) is 17.2. The summed E-state index contributed by atoms with van der Waals surface area (Å²) >= 11 is 5.99. The first kappa shape index (κ1) is 28.4. The van der Waals surface area contributed by atoms with Crippen LogP contribution in [0.4, 0.5) is 0 Å². The first-order chi connectivity index (χ1) is 19.4. The van der Waals surface area contributed by atoms with Crippen LogP contribution in [-0.4, -0.2) is 39.0 Å². The maximum absolute atomic E-state index is 12.9. The Balaban J connectivity index is 1.39. The van der Waals surface area contributed by atoms with Crippen LogP contribution < -0.4 is 10.1 Å². The summed E-state index contributed by atoms with van der Waals surface area (Å²) < 4.78 is 7.58. The second-order valence-electron chi connectivity index (χ2n) is 9.07. The highest BCUT2D eigenvalue weighted by Crippen LogP contribution is 2.22. The van der Waals surface area contributed by atoms with Gasteiger partial charge in [-0.3, -0.25) is 4.79 Å². The van der Waals surface area contributed by atoms with E-state index >= 15 is 0 Å². The van der Waals surface area contributed by atoms with E-state index in [-0.39, 0.29) is 12.1 Å². The van der Waals surface area contributed by atoms with E-state index in [1.54, 1.807) is 40.9 Å². The Morgan fingerprint density at radius 1 is 1.00 bits per heavy atom. The van der Waals surface area contributed by atoms with Crippen LogP contribution in [-0.2, 0) is 11.2 Å². The van der Waals surface area contributed by atoms with Crippen molar-refractivity contribution in [3.05, 3.63) is 125 Å². The number of aliphatic carboxylic acids is 1. The summed E-state index contributed by atoms with van der Waals surface area (Å²) in [5.41, 5.74) is 4.38. The number of hydrogen-bond acceptors (Lipinski definition) is 4. The van der Waals surface area contributed by atoms with Crippen LogP contribution in [0.15, 0.2) is 109 Å². The number of nitrogens with one attached hydrogen (secondary N) is 1. The molecule has 204 valence electrons. The van der Waals surface area contributed by atoms with Gasteiger partial charge >= 0.3 is 5.97 Å². The van der Waals surface area contributed by atoms with E-state index in [9.17, 15) is 14.7 Å². The highest BCUT2D eigenvalue weighted by atomic mass is 35.5. The summed E-state index contributed by atoms with van der Waals surface area (Å²) in [4.78, 5) is 29.3. The number of imidazole rings is 1. The van der Waals surface area contributed by atoms with Crippen molar-refractivity contribution in [1.82, 2.24) is 14.7 Å². The number of hydrogen-bond donors (Lipinski definition) is 2. The summed E-state index contributed by atoms with van der Waals surface area (Å²) in [5, 5.41) is 13.0. The highest BCUT2D eigenvalue weighted by molar-refractivity contribution is 6.30. The molecule has 0 aliphatic heterocycles. The minimum absolute atomic E-state index is 0.113. The number of ether oxygens (including phenoxy) is 1. The maximum atomic E-state index is 12.9. The SMILES string of the molecule is C/C=C/C=C\C(=C/C)COc1ccc(C[C@H](NC(=O)c2cn3cc(-c4ccc(Cl)cc4)ccc3n2)C(=O)O)cc1. The van der Waals surface area contributed by atoms with Crippen molar-refractivity contribution < 1.29 is 19.4 Å². The van der Waals surface area contributed by atoms with Gasteiger partial charge in [0.05, 0.1) is 0 Å². The Kier molecular flexibility index (Phi) is 9.54. The molecular weight excluding hydrogens is 526 g/mol. The third-order valence-electron chi connectivity index (χ3n) is 6.22. The molecule has 1 amide bonds. The summed E-state index contributed by atoms with van der Waals surface area (Å²) in [5.74, 6) is -1.02. The lowest BCUT2D eigenvalue weighted by molar-refractivity contribution is -0.139. The molecule has 0 unspecified atom stereocenters. The molecule has 2 aromatic carbocycles. The number of fused-ring (bicyclic) bond motifs is 1. The molecule has 1 atom stereocenters. The van der Waals surface area contributed by atoms with Crippen LogP contribution in [0.25, 0.3) is 16.8 Å². The Hall–Kier alpha value is -4.62. The predicted octanol–water partition coefficient (Wildman–Crippen LogP) is 6.54. The highest BCUT2D eigenvalue weighted by Gasteiger charge is 2.23. The molecular formula is C32H30ClN3O4. The lowest BCUT2D eigenvalue weighted by Crippen LogP contribution is -2.42. The van der Waals surface area contributed by atoms with Crippen LogP contribution >= 0.6 is 11.6 Å². The molecule has 0 bridgehead atoms. The van der Waals surface area contributed by atoms with E-state index in [4.69, 9.17) is 16.3 Å². The third kappa shape index (κ3) is 7.48. The summed E-state index contributed by atoms with van der Waals surface area (Å²) in [6.45, 7) is 4.32. The van der Waals surface area contributed by atoms with E-state index in [2.05, 4.69) is 10.3 Å². The number of aromatic nitrogens is 2. The van der Waals surface area contributed by atoms with Gasteiger partial charge in [-0.15, -0.1) is 0 Å². The average Bonchev–Trinajstić information content (AvgIpc) is 3.39. The zero-order chi connectivity index (χ0) is 28.5. The van der Waals surface area contributed by atoms with Crippen LogP contribution in [0.2, 0.25) is 5.02 Å². The number of allylic oxidation sites excluding steroid dienone is 4. The van der Waals surface area contributed by atoms with Crippen molar-refractivity contribution in [2.75, 3.05) is 6.61 Å². The standard InChI is InChI=1S/C32H30ClN3O4/c1-3-5-6-7-22(4-2)21-40-27-15-8-23(9-16-27)18-28(32(38)39)35-31(37)29-20-36-19-25(12-17-30(36)34-29)24-10-13-26(33)14-11-24/h3-17,19-20,28H,18,21H2,1-2H3,(H,35,37)(H,38,39)/b5-3+,7-6-,22-4+/t28-/m0/s1. The van der Waals surface area contributed by atoms with E-state index in [1.807, 2.05) is 80.8 Å². The quantitative estimate of drug-likeness (QED) is 0.205. The monoisotopic (exact) mass is 555 g/mol. The number of carboxylic acids is 1. The third-order valence-corrected chi connectivity index (χ3v) is 6.47. The van der Waals surface area contributed by atoms with E-state index in [0.29, 0.717) is 23.0 Å². The number of nitrogens with zero attached hydrogens (tertiary/aromatic N) is 2. The first-order valence-electron chi connectivity index (χ1n) is 12.8. The molecule has 0 aliphatic rings. The predicted molar refractivity (Wildman–Crippen MR) is 158 cm³/mol. The van der Waals surface area contributed by atoms with E-state index in [0.717, 1.165) is 22.3 Å². The fraction of sp³-hybridized carbons (Fsp3) is 0.156. The lowest BCUT2D eigenvalue weighted by Gasteiger charge is -2.14. The molecule has 0 aliphatic carbocycles. The fourth-order valence-electron chi connectivity index (χ4n) is 3.99. The number of benzene rings is 2. The number of carbonyl (C=O) groups excluding carboxylic acids is 1. The lowest BCUT2D eigenvalue weighted by atomic mass is 10.1. The Morgan fingerprint density at radius 2 is 1.73 bits per heavy atom. The van der Waals surface area contributed by atoms with Gasteiger partial charge in [-0.2, -0.15) is 0 Å². The van der Waals surface area contributed by atoms with Gasteiger partial charge in [0.2, 0.25) is 0 Å². The Morgan fingerprint density at radius 3 is 2.40 bits per heavy atom. The molecule has 4 rings (SSSR count). The molecule has 0 saturated heterocycles. The Labute approximate surface area is 238 Å². The molecule has 2 heterocycles. The molecule has 0 fully saturated rings. The average molecular weight is 556 g/mol. The number of amides is 1. The largest absolute Gasteiger partial charge is 0.489 e.